The molecule has 12 heavy (non-hydrogen) atoms. The summed E-state index contributed by atoms with van der Waals surface area (Å²) < 4.78 is 1.13. The highest BCUT2D eigenvalue weighted by Crippen LogP contribution is 2.22. The van der Waals surface area contributed by atoms with Crippen molar-refractivity contribution in [1.82, 2.24) is 0 Å². The molecular formula is C10H12BrCl. The molecule has 0 aliphatic carbocycles. The topological polar surface area (TPSA) is 0 Å². The van der Waals surface area contributed by atoms with Gasteiger partial charge in [0.25, 0.3) is 0 Å². The summed E-state index contributed by atoms with van der Waals surface area (Å²) in [6, 6.07) is 5.98. The highest BCUT2D eigenvalue weighted by Gasteiger charge is 1.99. The van der Waals surface area contributed by atoms with Crippen LogP contribution in [0.5, 0.6) is 0 Å². The molecule has 0 atom stereocenters. The molecule has 0 radical (unpaired) electrons. The van der Waals surface area contributed by atoms with Gasteiger partial charge in [-0.15, -0.1) is 0 Å². The van der Waals surface area contributed by atoms with Crippen LogP contribution in [0.4, 0.5) is 0 Å². The van der Waals surface area contributed by atoms with E-state index in [2.05, 4.69) is 28.9 Å². The number of halogens is 2. The summed E-state index contributed by atoms with van der Waals surface area (Å²) in [5.41, 5.74) is 1.35. The Hall–Kier alpha value is -0.0100. The first-order valence-electron chi connectivity index (χ1n) is 4.18. The third kappa shape index (κ3) is 2.80. The minimum Gasteiger partial charge on any atom is -0.0843 e. The summed E-state index contributed by atoms with van der Waals surface area (Å²) >= 11 is 9.31. The second kappa shape index (κ2) is 4.88. The first-order valence-corrected chi connectivity index (χ1v) is 5.35. The SMILES string of the molecule is CCCCc1ccc(Cl)cc1Br. The standard InChI is InChI=1S/C10H12BrCl/c1-2-3-4-8-5-6-9(12)7-10(8)11/h5-7H,2-4H2,1H3. The summed E-state index contributed by atoms with van der Waals surface area (Å²) in [6.07, 6.45) is 3.60. The quantitative estimate of drug-likeness (QED) is 0.740. The van der Waals surface area contributed by atoms with Gasteiger partial charge in [0.05, 0.1) is 0 Å². The maximum atomic E-state index is 5.82. The van der Waals surface area contributed by atoms with E-state index in [4.69, 9.17) is 11.6 Å². The molecular weight excluding hydrogens is 235 g/mol. The maximum absolute atomic E-state index is 5.82. The van der Waals surface area contributed by atoms with Crippen molar-refractivity contribution in [2.24, 2.45) is 0 Å². The van der Waals surface area contributed by atoms with Crippen LogP contribution in [0, 0.1) is 0 Å². The predicted octanol–water partition coefficient (Wildman–Crippen LogP) is 4.45. The molecule has 1 aromatic carbocycles. The van der Waals surface area contributed by atoms with Gasteiger partial charge in [0, 0.05) is 9.50 Å². The molecule has 0 saturated carbocycles. The fourth-order valence-electron chi connectivity index (χ4n) is 1.09. The molecule has 0 nitrogen and oxygen atoms in total. The van der Waals surface area contributed by atoms with Gasteiger partial charge in [0.1, 0.15) is 0 Å². The fraction of sp³-hybridized carbons (Fsp3) is 0.400. The molecule has 0 fully saturated rings. The van der Waals surface area contributed by atoms with Crippen LogP contribution in [0.3, 0.4) is 0 Å². The second-order valence-corrected chi connectivity index (χ2v) is 4.13. The molecule has 1 rings (SSSR count). The van der Waals surface area contributed by atoms with E-state index >= 15 is 0 Å². The molecule has 2 heteroatoms. The van der Waals surface area contributed by atoms with E-state index in [1.54, 1.807) is 0 Å². The Morgan fingerprint density at radius 3 is 2.75 bits per heavy atom. The van der Waals surface area contributed by atoms with Gasteiger partial charge >= 0.3 is 0 Å². The van der Waals surface area contributed by atoms with Crippen molar-refractivity contribution >= 4 is 27.5 Å². The molecule has 0 aliphatic rings. The summed E-state index contributed by atoms with van der Waals surface area (Å²) in [5.74, 6) is 0. The van der Waals surface area contributed by atoms with Crippen LogP contribution in [-0.4, -0.2) is 0 Å². The maximum Gasteiger partial charge on any atom is 0.0417 e. The Morgan fingerprint density at radius 2 is 2.17 bits per heavy atom. The monoisotopic (exact) mass is 246 g/mol. The Balaban J connectivity index is 2.72. The summed E-state index contributed by atoms with van der Waals surface area (Å²) in [7, 11) is 0. The minimum atomic E-state index is 0.794. The van der Waals surface area contributed by atoms with Crippen LogP contribution in [0.2, 0.25) is 5.02 Å². The van der Waals surface area contributed by atoms with Crippen LogP contribution < -0.4 is 0 Å². The average Bonchev–Trinajstić information content (AvgIpc) is 2.03. The van der Waals surface area contributed by atoms with Crippen molar-refractivity contribution in [2.75, 3.05) is 0 Å². The van der Waals surface area contributed by atoms with Crippen LogP contribution in [0.25, 0.3) is 0 Å². The van der Waals surface area contributed by atoms with Gasteiger partial charge in [-0.3, -0.25) is 0 Å². The van der Waals surface area contributed by atoms with Crippen molar-refractivity contribution in [2.45, 2.75) is 26.2 Å². The van der Waals surface area contributed by atoms with Crippen molar-refractivity contribution in [1.29, 1.82) is 0 Å². The zero-order valence-electron chi connectivity index (χ0n) is 7.11. The Bertz CT molecular complexity index is 258. The van der Waals surface area contributed by atoms with Gasteiger partial charge in [-0.2, -0.15) is 0 Å². The summed E-state index contributed by atoms with van der Waals surface area (Å²) in [6.45, 7) is 2.20. The molecule has 66 valence electrons. The fourth-order valence-corrected chi connectivity index (χ4v) is 1.97. The minimum absolute atomic E-state index is 0.794. The lowest BCUT2D eigenvalue weighted by atomic mass is 10.1. The predicted molar refractivity (Wildman–Crippen MR) is 57.8 cm³/mol. The molecule has 0 amide bonds. The lowest BCUT2D eigenvalue weighted by molar-refractivity contribution is 0.793. The average molecular weight is 248 g/mol. The van der Waals surface area contributed by atoms with Crippen LogP contribution in [0.1, 0.15) is 25.3 Å². The van der Waals surface area contributed by atoms with Gasteiger partial charge < -0.3 is 0 Å². The normalized spacial score (nSPS) is 10.2. The van der Waals surface area contributed by atoms with Gasteiger partial charge in [0.2, 0.25) is 0 Å². The molecule has 0 spiro atoms. The highest BCUT2D eigenvalue weighted by atomic mass is 79.9. The molecule has 0 aromatic heterocycles. The molecule has 1 aromatic rings. The molecule has 0 N–H and O–H groups in total. The van der Waals surface area contributed by atoms with Crippen molar-refractivity contribution in [3.8, 4) is 0 Å². The van der Waals surface area contributed by atoms with Crippen molar-refractivity contribution in [3.63, 3.8) is 0 Å². The summed E-state index contributed by atoms with van der Waals surface area (Å²) in [4.78, 5) is 0. The Kier molecular flexibility index (Phi) is 4.10. The van der Waals surface area contributed by atoms with E-state index < -0.39 is 0 Å². The molecule has 0 aliphatic heterocycles. The number of hydrogen-bond acceptors (Lipinski definition) is 0. The Labute approximate surface area is 87.1 Å². The number of aryl methyl sites for hydroxylation is 1. The number of benzene rings is 1. The molecule has 0 bridgehead atoms. The lowest BCUT2D eigenvalue weighted by Crippen LogP contribution is -1.85. The lowest BCUT2D eigenvalue weighted by Gasteiger charge is -2.02. The second-order valence-electron chi connectivity index (χ2n) is 2.84. The number of unbranched alkanes of at least 4 members (excludes halogenated alkanes) is 1. The zero-order chi connectivity index (χ0) is 8.97. The third-order valence-corrected chi connectivity index (χ3v) is 2.79. The van der Waals surface area contributed by atoms with Gasteiger partial charge in [0.15, 0.2) is 0 Å². The number of rotatable bonds is 3. The van der Waals surface area contributed by atoms with E-state index in [0.717, 1.165) is 15.9 Å². The summed E-state index contributed by atoms with van der Waals surface area (Å²) in [5, 5.41) is 0.794. The molecule has 0 unspecified atom stereocenters. The molecule has 0 heterocycles. The van der Waals surface area contributed by atoms with E-state index in [0.29, 0.717) is 0 Å². The van der Waals surface area contributed by atoms with E-state index in [1.807, 2.05) is 12.1 Å². The van der Waals surface area contributed by atoms with Crippen LogP contribution >= 0.6 is 27.5 Å². The third-order valence-electron chi connectivity index (χ3n) is 1.81. The molecule has 0 saturated heterocycles. The van der Waals surface area contributed by atoms with E-state index in [9.17, 15) is 0 Å². The van der Waals surface area contributed by atoms with Gasteiger partial charge in [-0.25, -0.2) is 0 Å². The van der Waals surface area contributed by atoms with Crippen molar-refractivity contribution in [3.05, 3.63) is 33.3 Å². The largest absolute Gasteiger partial charge is 0.0843 e. The van der Waals surface area contributed by atoms with Gasteiger partial charge in [-0.05, 0) is 30.5 Å². The van der Waals surface area contributed by atoms with Crippen LogP contribution in [0.15, 0.2) is 22.7 Å². The zero-order valence-corrected chi connectivity index (χ0v) is 9.45. The Morgan fingerprint density at radius 1 is 1.42 bits per heavy atom. The smallest absolute Gasteiger partial charge is 0.0417 e. The van der Waals surface area contributed by atoms with E-state index in [1.165, 1.54) is 18.4 Å². The van der Waals surface area contributed by atoms with E-state index in [-0.39, 0.29) is 0 Å². The first kappa shape index (κ1) is 10.1. The van der Waals surface area contributed by atoms with Crippen molar-refractivity contribution < 1.29 is 0 Å². The van der Waals surface area contributed by atoms with Gasteiger partial charge in [-0.1, -0.05) is 46.9 Å². The first-order chi connectivity index (χ1) is 5.74. The highest BCUT2D eigenvalue weighted by molar-refractivity contribution is 9.10. The number of hydrogen-bond donors (Lipinski definition) is 0. The van der Waals surface area contributed by atoms with Crippen LogP contribution in [-0.2, 0) is 6.42 Å².